The summed E-state index contributed by atoms with van der Waals surface area (Å²) in [4.78, 5) is 27.8. The molecule has 146 valence electrons. The lowest BCUT2D eigenvalue weighted by atomic mass is 9.95. The van der Waals surface area contributed by atoms with Crippen molar-refractivity contribution in [3.05, 3.63) is 71.3 Å². The summed E-state index contributed by atoms with van der Waals surface area (Å²) in [6, 6.07) is 15.7. The quantitative estimate of drug-likeness (QED) is 0.752. The van der Waals surface area contributed by atoms with Crippen LogP contribution in [0.4, 0.5) is 13.2 Å². The summed E-state index contributed by atoms with van der Waals surface area (Å²) in [7, 11) is 0. The number of nitrogens with zero attached hydrogens (tertiary/aromatic N) is 2. The maximum atomic E-state index is 13.6. The van der Waals surface area contributed by atoms with E-state index in [0.717, 1.165) is 10.5 Å². The zero-order valence-corrected chi connectivity index (χ0v) is 15.0. The van der Waals surface area contributed by atoms with Gasteiger partial charge in [0.05, 0.1) is 17.0 Å². The molecule has 2 aromatic rings. The molecule has 0 spiro atoms. The van der Waals surface area contributed by atoms with Gasteiger partial charge in [-0.05, 0) is 17.7 Å². The van der Waals surface area contributed by atoms with Gasteiger partial charge in [-0.2, -0.15) is 13.2 Å². The minimum Gasteiger partial charge on any atom is -0.298 e. The van der Waals surface area contributed by atoms with Crippen molar-refractivity contribution < 1.29 is 22.8 Å². The minimum absolute atomic E-state index is 0.133. The van der Waals surface area contributed by atoms with Crippen molar-refractivity contribution in [1.82, 2.24) is 9.80 Å². The number of imide groups is 1. The van der Waals surface area contributed by atoms with E-state index in [0.29, 0.717) is 6.54 Å². The lowest BCUT2D eigenvalue weighted by Gasteiger charge is -2.25. The molecule has 0 N–H and O–H groups in total. The summed E-state index contributed by atoms with van der Waals surface area (Å²) < 4.78 is 40.9. The van der Waals surface area contributed by atoms with Crippen LogP contribution in [0.25, 0.3) is 0 Å². The largest absolute Gasteiger partial charge is 0.393 e. The number of halogens is 3. The Morgan fingerprint density at radius 3 is 2.00 bits per heavy atom. The van der Waals surface area contributed by atoms with Crippen molar-refractivity contribution in [3.63, 3.8) is 0 Å². The molecule has 2 amide bonds. The highest BCUT2D eigenvalue weighted by atomic mass is 19.4. The first kappa shape index (κ1) is 18.7. The molecule has 0 aromatic heterocycles. The average Bonchev–Trinajstić information content (AvgIpc) is 3.18. The third-order valence-corrected chi connectivity index (χ3v) is 5.48. The van der Waals surface area contributed by atoms with E-state index in [1.165, 1.54) is 12.1 Å². The molecule has 0 bridgehead atoms. The average molecular weight is 388 g/mol. The molecule has 7 heteroatoms. The fourth-order valence-electron chi connectivity index (χ4n) is 4.13. The molecular weight excluding hydrogens is 369 g/mol. The summed E-state index contributed by atoms with van der Waals surface area (Å²) in [5.74, 6) is -3.43. The van der Waals surface area contributed by atoms with Gasteiger partial charge >= 0.3 is 6.18 Å². The second-order valence-corrected chi connectivity index (χ2v) is 7.35. The SMILES string of the molecule is O=C1c2ccccc2C(=O)N1C[C@H]1CN(Cc2ccccc2)C[C@@H]1C(F)(F)F. The third-order valence-electron chi connectivity index (χ3n) is 5.48. The first-order chi connectivity index (χ1) is 13.3. The van der Waals surface area contributed by atoms with Gasteiger partial charge in [0.1, 0.15) is 0 Å². The summed E-state index contributed by atoms with van der Waals surface area (Å²) in [5.41, 5.74) is 1.45. The van der Waals surface area contributed by atoms with Gasteiger partial charge in [-0.15, -0.1) is 0 Å². The van der Waals surface area contributed by atoms with Crippen LogP contribution >= 0.6 is 0 Å². The van der Waals surface area contributed by atoms with Gasteiger partial charge in [-0.3, -0.25) is 19.4 Å². The molecular formula is C21H19F3N2O2. The molecule has 2 aromatic carbocycles. The van der Waals surface area contributed by atoms with Crippen molar-refractivity contribution in [2.45, 2.75) is 12.7 Å². The summed E-state index contributed by atoms with van der Waals surface area (Å²) in [6.45, 7) is 0.243. The molecule has 0 aliphatic carbocycles. The Kier molecular flexibility index (Phi) is 4.71. The molecule has 0 unspecified atom stereocenters. The maximum absolute atomic E-state index is 13.6. The summed E-state index contributed by atoms with van der Waals surface area (Å²) in [6.07, 6.45) is -4.38. The molecule has 1 fully saturated rings. The van der Waals surface area contributed by atoms with Crippen LogP contribution in [-0.2, 0) is 6.54 Å². The van der Waals surface area contributed by atoms with Crippen LogP contribution in [0.1, 0.15) is 26.3 Å². The number of carbonyl (C=O) groups excluding carboxylic acids is 2. The normalized spacial score (nSPS) is 22.8. The van der Waals surface area contributed by atoms with Gasteiger partial charge in [0, 0.05) is 32.1 Å². The van der Waals surface area contributed by atoms with Crippen molar-refractivity contribution in [2.24, 2.45) is 11.8 Å². The standard InChI is InChI=1S/C21H19F3N2O2/c22-21(23,24)18-13-25(10-14-6-2-1-3-7-14)11-15(18)12-26-19(27)16-8-4-5-9-17(16)20(26)28/h1-9,15,18H,10-13H2/t15-,18+/m1/s1. The summed E-state index contributed by atoms with van der Waals surface area (Å²) >= 11 is 0. The molecule has 4 nitrogen and oxygen atoms in total. The van der Waals surface area contributed by atoms with Crippen LogP contribution in [0.15, 0.2) is 54.6 Å². The molecule has 2 atom stereocenters. The lowest BCUT2D eigenvalue weighted by molar-refractivity contribution is -0.181. The number of likely N-dealkylation sites (tertiary alicyclic amines) is 1. The molecule has 2 aliphatic rings. The van der Waals surface area contributed by atoms with Crippen LogP contribution in [0.3, 0.4) is 0 Å². The molecule has 0 radical (unpaired) electrons. The number of alkyl halides is 3. The Balaban J connectivity index is 1.52. The van der Waals surface area contributed by atoms with E-state index < -0.39 is 29.8 Å². The molecule has 28 heavy (non-hydrogen) atoms. The first-order valence-corrected chi connectivity index (χ1v) is 9.13. The predicted octanol–water partition coefficient (Wildman–Crippen LogP) is 3.59. The third kappa shape index (κ3) is 3.42. The zero-order chi connectivity index (χ0) is 19.9. The van der Waals surface area contributed by atoms with E-state index in [1.54, 1.807) is 17.0 Å². The van der Waals surface area contributed by atoms with E-state index in [1.807, 2.05) is 30.3 Å². The molecule has 2 aliphatic heterocycles. The Morgan fingerprint density at radius 1 is 0.857 bits per heavy atom. The van der Waals surface area contributed by atoms with Crippen molar-refractivity contribution in [3.8, 4) is 0 Å². The fraction of sp³-hybridized carbons (Fsp3) is 0.333. The zero-order valence-electron chi connectivity index (χ0n) is 15.0. The van der Waals surface area contributed by atoms with Gasteiger partial charge in [-0.25, -0.2) is 0 Å². The number of amides is 2. The molecule has 4 rings (SSSR count). The molecule has 0 saturated carbocycles. The highest BCUT2D eigenvalue weighted by molar-refractivity contribution is 6.21. The molecule has 2 heterocycles. The lowest BCUT2D eigenvalue weighted by Crippen LogP contribution is -2.40. The van der Waals surface area contributed by atoms with Gasteiger partial charge in [-0.1, -0.05) is 42.5 Å². The highest BCUT2D eigenvalue weighted by Gasteiger charge is 2.51. The van der Waals surface area contributed by atoms with Crippen molar-refractivity contribution in [1.29, 1.82) is 0 Å². The van der Waals surface area contributed by atoms with Gasteiger partial charge in [0.15, 0.2) is 0 Å². The number of rotatable bonds is 4. The Hall–Kier alpha value is -2.67. The number of hydrogen-bond acceptors (Lipinski definition) is 3. The predicted molar refractivity (Wildman–Crippen MR) is 96.6 cm³/mol. The van der Waals surface area contributed by atoms with Crippen molar-refractivity contribution >= 4 is 11.8 Å². The van der Waals surface area contributed by atoms with E-state index in [-0.39, 0.29) is 30.8 Å². The second kappa shape index (κ2) is 7.05. The Bertz CT molecular complexity index is 863. The number of hydrogen-bond donors (Lipinski definition) is 0. The van der Waals surface area contributed by atoms with Crippen molar-refractivity contribution in [2.75, 3.05) is 19.6 Å². The Labute approximate surface area is 160 Å². The minimum atomic E-state index is -4.38. The van der Waals surface area contributed by atoms with E-state index >= 15 is 0 Å². The smallest absolute Gasteiger partial charge is 0.298 e. The first-order valence-electron chi connectivity index (χ1n) is 9.13. The van der Waals surface area contributed by atoms with E-state index in [9.17, 15) is 22.8 Å². The second-order valence-electron chi connectivity index (χ2n) is 7.35. The van der Waals surface area contributed by atoms with Gasteiger partial charge in [0.25, 0.3) is 11.8 Å². The van der Waals surface area contributed by atoms with Crippen LogP contribution in [0.2, 0.25) is 0 Å². The van der Waals surface area contributed by atoms with Crippen LogP contribution < -0.4 is 0 Å². The van der Waals surface area contributed by atoms with Crippen LogP contribution in [-0.4, -0.2) is 47.4 Å². The Morgan fingerprint density at radius 2 is 1.43 bits per heavy atom. The van der Waals surface area contributed by atoms with E-state index in [4.69, 9.17) is 0 Å². The highest BCUT2D eigenvalue weighted by Crippen LogP contribution is 2.39. The fourth-order valence-corrected chi connectivity index (χ4v) is 4.13. The van der Waals surface area contributed by atoms with Gasteiger partial charge in [0.2, 0.25) is 0 Å². The summed E-state index contributed by atoms with van der Waals surface area (Å²) in [5, 5.41) is 0. The molecule has 1 saturated heterocycles. The van der Waals surface area contributed by atoms with E-state index in [2.05, 4.69) is 0 Å². The maximum Gasteiger partial charge on any atom is 0.393 e. The van der Waals surface area contributed by atoms with Crippen LogP contribution in [0.5, 0.6) is 0 Å². The topological polar surface area (TPSA) is 40.6 Å². The van der Waals surface area contributed by atoms with Crippen LogP contribution in [0, 0.1) is 11.8 Å². The number of carbonyl (C=O) groups is 2. The van der Waals surface area contributed by atoms with Gasteiger partial charge < -0.3 is 0 Å². The number of fused-ring (bicyclic) bond motifs is 1. The monoisotopic (exact) mass is 388 g/mol. The number of benzene rings is 2.